The number of halogens is 2. The number of rotatable bonds is 8. The summed E-state index contributed by atoms with van der Waals surface area (Å²) in [5.74, 6) is -4.55. The van der Waals surface area contributed by atoms with Crippen molar-refractivity contribution in [2.45, 2.75) is 26.1 Å². The number of Topliss-reactive ketones (excluding diaryl/α,β-unsaturated/α-hetero) is 1. The summed E-state index contributed by atoms with van der Waals surface area (Å²) in [4.78, 5) is 37.6. The molecule has 3 N–H and O–H groups in total. The Morgan fingerprint density at radius 2 is 1.44 bits per heavy atom. The van der Waals surface area contributed by atoms with Gasteiger partial charge in [0.25, 0.3) is 5.91 Å². The molecule has 0 spiro atoms. The molecule has 176 valence electrons. The highest BCUT2D eigenvalue weighted by molar-refractivity contribution is 6.62. The number of carboxylic acids is 1. The second kappa shape index (κ2) is 9.63. The average Bonchev–Trinajstić information content (AvgIpc) is 3.32. The van der Waals surface area contributed by atoms with E-state index in [1.807, 2.05) is 0 Å². The van der Waals surface area contributed by atoms with Crippen LogP contribution in [0.2, 0.25) is 0 Å². The second-order valence-corrected chi connectivity index (χ2v) is 8.04. The maximum Gasteiger partial charge on any atom is 0.491 e. The van der Waals surface area contributed by atoms with Crippen molar-refractivity contribution in [3.05, 3.63) is 58.2 Å². The minimum absolute atomic E-state index is 0.0221. The third-order valence-corrected chi connectivity index (χ3v) is 5.76. The summed E-state index contributed by atoms with van der Waals surface area (Å²) in [6.45, 7) is -0.966. The number of aliphatic carboxylic acids is 1. The molecule has 34 heavy (non-hydrogen) atoms. The molecule has 2 aromatic rings. The number of hydrogen-bond acceptors (Lipinski definition) is 7. The molecule has 0 bridgehead atoms. The van der Waals surface area contributed by atoms with Crippen LogP contribution in [-0.4, -0.2) is 65.0 Å². The van der Waals surface area contributed by atoms with Crippen molar-refractivity contribution in [1.29, 1.82) is 0 Å². The molecule has 1 amide bonds. The largest absolute Gasteiger partial charge is 0.491 e. The summed E-state index contributed by atoms with van der Waals surface area (Å²) >= 11 is 0. The molecule has 0 unspecified atom stereocenters. The van der Waals surface area contributed by atoms with Crippen LogP contribution in [0.3, 0.4) is 0 Å². The van der Waals surface area contributed by atoms with Gasteiger partial charge in [0, 0.05) is 13.0 Å². The maximum atomic E-state index is 14.5. The molecule has 13 heteroatoms. The lowest BCUT2D eigenvalue weighted by Gasteiger charge is -2.21. The van der Waals surface area contributed by atoms with Crippen molar-refractivity contribution in [2.24, 2.45) is 0 Å². The molecule has 0 atom stereocenters. The van der Waals surface area contributed by atoms with Crippen LogP contribution in [0.15, 0.2) is 24.3 Å². The molecule has 2 heterocycles. The van der Waals surface area contributed by atoms with Crippen LogP contribution in [0.4, 0.5) is 8.78 Å². The van der Waals surface area contributed by atoms with E-state index in [1.54, 1.807) is 0 Å². The molecule has 0 aliphatic carbocycles. The molecule has 0 saturated carbocycles. The SMILES string of the molecule is O=C(O)CN(CCCC(=O)c1cc2c(cc1F)COB2O)C(=O)c1cc2c(cc1F)COB2O. The monoisotopic (exact) mass is 473 g/mol. The predicted octanol–water partition coefficient (Wildman–Crippen LogP) is -0.410. The van der Waals surface area contributed by atoms with Gasteiger partial charge in [-0.2, -0.15) is 0 Å². The molecule has 2 aliphatic rings. The molecule has 4 rings (SSSR count). The van der Waals surface area contributed by atoms with E-state index in [0.717, 1.165) is 23.1 Å². The highest BCUT2D eigenvalue weighted by Crippen LogP contribution is 2.19. The molecule has 0 fully saturated rings. The van der Waals surface area contributed by atoms with Crippen molar-refractivity contribution in [3.63, 3.8) is 0 Å². The third kappa shape index (κ3) is 4.73. The van der Waals surface area contributed by atoms with Crippen molar-refractivity contribution < 1.29 is 47.6 Å². The molecule has 0 saturated heterocycles. The predicted molar refractivity (Wildman–Crippen MR) is 115 cm³/mol. The molecular weight excluding hydrogens is 454 g/mol. The Kier molecular flexibility index (Phi) is 6.80. The van der Waals surface area contributed by atoms with Gasteiger partial charge >= 0.3 is 20.2 Å². The normalized spacial score (nSPS) is 14.2. The zero-order chi connectivity index (χ0) is 24.6. The number of nitrogens with zero attached hydrogens (tertiary/aromatic N) is 1. The summed E-state index contributed by atoms with van der Waals surface area (Å²) < 4.78 is 38.9. The van der Waals surface area contributed by atoms with Gasteiger partial charge in [-0.1, -0.05) is 0 Å². The number of hydrogen-bond donors (Lipinski definition) is 3. The van der Waals surface area contributed by atoms with Crippen LogP contribution in [0, 0.1) is 11.6 Å². The van der Waals surface area contributed by atoms with Gasteiger partial charge < -0.3 is 29.4 Å². The van der Waals surface area contributed by atoms with Gasteiger partial charge in [0.2, 0.25) is 0 Å². The van der Waals surface area contributed by atoms with E-state index in [-0.39, 0.29) is 43.6 Å². The van der Waals surface area contributed by atoms with Crippen molar-refractivity contribution >= 4 is 42.8 Å². The number of amides is 1. The summed E-state index contributed by atoms with van der Waals surface area (Å²) in [7, 11) is -2.57. The highest BCUT2D eigenvalue weighted by atomic mass is 19.1. The van der Waals surface area contributed by atoms with Crippen molar-refractivity contribution in [2.75, 3.05) is 13.1 Å². The molecule has 2 aromatic carbocycles. The number of ketones is 1. The van der Waals surface area contributed by atoms with Gasteiger partial charge in [-0.05, 0) is 52.7 Å². The molecule has 2 aliphatic heterocycles. The summed E-state index contributed by atoms with van der Waals surface area (Å²) in [6, 6.07) is 4.51. The molecule has 0 radical (unpaired) electrons. The van der Waals surface area contributed by atoms with Crippen LogP contribution < -0.4 is 10.9 Å². The Bertz CT molecular complexity index is 1180. The lowest BCUT2D eigenvalue weighted by atomic mass is 9.78. The topological polar surface area (TPSA) is 134 Å². The van der Waals surface area contributed by atoms with E-state index in [2.05, 4.69) is 0 Å². The van der Waals surface area contributed by atoms with Gasteiger partial charge in [0.1, 0.15) is 18.2 Å². The van der Waals surface area contributed by atoms with E-state index in [0.29, 0.717) is 16.6 Å². The standard InChI is InChI=1S/C21H19B2F2NO8/c24-17-4-11-9-33-22(31)15(11)6-13(17)19(27)2-1-3-26(8-20(28)29)21(30)14-7-16-12(5-18(14)25)10-34-23(16)32/h4-7,31-32H,1-3,8-10H2,(H,28,29). The van der Waals surface area contributed by atoms with E-state index < -0.39 is 55.6 Å². The fraction of sp³-hybridized carbons (Fsp3) is 0.286. The fourth-order valence-electron chi connectivity index (χ4n) is 4.02. The molecule has 9 nitrogen and oxygen atoms in total. The van der Waals surface area contributed by atoms with E-state index >= 15 is 0 Å². The van der Waals surface area contributed by atoms with Crippen LogP contribution in [0.25, 0.3) is 0 Å². The Labute approximate surface area is 193 Å². The Morgan fingerprint density at radius 1 is 0.912 bits per heavy atom. The number of fused-ring (bicyclic) bond motifs is 2. The van der Waals surface area contributed by atoms with Gasteiger partial charge in [0.05, 0.1) is 24.3 Å². The zero-order valence-electron chi connectivity index (χ0n) is 17.8. The average molecular weight is 473 g/mol. The number of benzene rings is 2. The zero-order valence-corrected chi connectivity index (χ0v) is 17.8. The number of carboxylic acid groups (broad SMARTS) is 1. The molecule has 0 aromatic heterocycles. The van der Waals surface area contributed by atoms with Crippen molar-refractivity contribution in [1.82, 2.24) is 4.90 Å². The van der Waals surface area contributed by atoms with Crippen LogP contribution in [-0.2, 0) is 27.3 Å². The number of carbonyl (C=O) groups excluding carboxylic acids is 2. The number of carbonyl (C=O) groups is 3. The lowest BCUT2D eigenvalue weighted by molar-refractivity contribution is -0.137. The first-order valence-corrected chi connectivity index (χ1v) is 10.4. The minimum Gasteiger partial charge on any atom is -0.480 e. The van der Waals surface area contributed by atoms with E-state index in [1.165, 1.54) is 6.07 Å². The fourth-order valence-corrected chi connectivity index (χ4v) is 4.02. The maximum absolute atomic E-state index is 14.5. The first kappa shape index (κ1) is 24.0. The Morgan fingerprint density at radius 3 is 2.00 bits per heavy atom. The second-order valence-electron chi connectivity index (χ2n) is 8.04. The van der Waals surface area contributed by atoms with Crippen molar-refractivity contribution in [3.8, 4) is 0 Å². The van der Waals surface area contributed by atoms with Gasteiger partial charge in [-0.15, -0.1) is 0 Å². The third-order valence-electron chi connectivity index (χ3n) is 5.76. The smallest absolute Gasteiger partial charge is 0.480 e. The summed E-state index contributed by atoms with van der Waals surface area (Å²) in [5.41, 5.74) is 0.641. The first-order chi connectivity index (χ1) is 16.2. The first-order valence-electron chi connectivity index (χ1n) is 10.4. The van der Waals surface area contributed by atoms with Crippen LogP contribution in [0.1, 0.15) is 44.7 Å². The Balaban J connectivity index is 1.46. The van der Waals surface area contributed by atoms with Crippen LogP contribution >= 0.6 is 0 Å². The summed E-state index contributed by atoms with van der Waals surface area (Å²) in [6.07, 6.45) is -0.249. The van der Waals surface area contributed by atoms with E-state index in [4.69, 9.17) is 9.31 Å². The molecular formula is C21H19B2F2NO8. The van der Waals surface area contributed by atoms with E-state index in [9.17, 15) is 38.3 Å². The summed E-state index contributed by atoms with van der Waals surface area (Å²) in [5, 5.41) is 28.8. The Hall–Kier alpha value is -3.12. The lowest BCUT2D eigenvalue weighted by Crippen LogP contribution is -2.38. The minimum atomic E-state index is -1.34. The highest BCUT2D eigenvalue weighted by Gasteiger charge is 2.32. The quantitative estimate of drug-likeness (QED) is 0.349. The van der Waals surface area contributed by atoms with Crippen LogP contribution in [0.5, 0.6) is 0 Å². The van der Waals surface area contributed by atoms with Gasteiger partial charge in [-0.3, -0.25) is 14.4 Å². The van der Waals surface area contributed by atoms with Gasteiger partial charge in [0.15, 0.2) is 5.78 Å². The van der Waals surface area contributed by atoms with Gasteiger partial charge in [-0.25, -0.2) is 8.78 Å².